The predicted molar refractivity (Wildman–Crippen MR) is 73.2 cm³/mol. The molecule has 4 nitrogen and oxygen atoms in total. The quantitative estimate of drug-likeness (QED) is 0.799. The highest BCUT2D eigenvalue weighted by Crippen LogP contribution is 2.23. The molecule has 18 heavy (non-hydrogen) atoms. The first-order valence-corrected chi connectivity index (χ1v) is 6.56. The summed E-state index contributed by atoms with van der Waals surface area (Å²) in [6.45, 7) is 0. The number of halogens is 3. The van der Waals surface area contributed by atoms with Gasteiger partial charge in [-0.25, -0.2) is 4.68 Å². The Morgan fingerprint density at radius 3 is 2.67 bits per heavy atom. The molecule has 0 saturated carbocycles. The van der Waals surface area contributed by atoms with E-state index in [1.165, 1.54) is 4.68 Å². The van der Waals surface area contributed by atoms with Crippen LogP contribution < -0.4 is 0 Å². The molecule has 7 heteroatoms. The highest BCUT2D eigenvalue weighted by molar-refractivity contribution is 9.10. The molecule has 94 valence electrons. The summed E-state index contributed by atoms with van der Waals surface area (Å²) >= 11 is 14.9. The summed E-state index contributed by atoms with van der Waals surface area (Å²) in [5, 5.41) is 8.44. The van der Waals surface area contributed by atoms with Crippen LogP contribution in [0, 0.1) is 0 Å². The van der Waals surface area contributed by atoms with E-state index in [1.807, 2.05) is 0 Å². The molecular weight excluding hydrogens is 341 g/mol. The zero-order chi connectivity index (χ0) is 13.3. The highest BCUT2D eigenvalue weighted by atomic mass is 79.9. The van der Waals surface area contributed by atoms with Crippen molar-refractivity contribution in [3.8, 4) is 0 Å². The van der Waals surface area contributed by atoms with E-state index in [4.69, 9.17) is 23.2 Å². The Bertz CT molecular complexity index is 593. The van der Waals surface area contributed by atoms with Crippen LogP contribution in [-0.2, 0) is 13.5 Å². The second-order valence-electron chi connectivity index (χ2n) is 3.70. The smallest absolute Gasteiger partial charge is 0.188 e. The van der Waals surface area contributed by atoms with Crippen molar-refractivity contribution < 1.29 is 4.79 Å². The molecule has 2 rings (SSSR count). The fraction of sp³-hybridized carbons (Fsp3) is 0.182. The summed E-state index contributed by atoms with van der Waals surface area (Å²) in [5.74, 6) is -0.0900. The van der Waals surface area contributed by atoms with Gasteiger partial charge < -0.3 is 0 Å². The second-order valence-corrected chi connectivity index (χ2v) is 5.27. The van der Waals surface area contributed by atoms with Crippen molar-refractivity contribution in [1.29, 1.82) is 0 Å². The molecule has 0 N–H and O–H groups in total. The summed E-state index contributed by atoms with van der Waals surface area (Å²) < 4.78 is 1.87. The summed E-state index contributed by atoms with van der Waals surface area (Å²) in [4.78, 5) is 12.1. The molecule has 0 saturated heterocycles. The fourth-order valence-electron chi connectivity index (χ4n) is 1.55. The van der Waals surface area contributed by atoms with Crippen LogP contribution in [0.25, 0.3) is 0 Å². The SMILES string of the molecule is Cn1nnc(Br)c1C(=O)Cc1ccc(Cl)c(Cl)c1. The standard InChI is InChI=1S/C11H8BrCl2N3O/c1-17-10(11(12)15-16-17)9(18)5-6-2-3-7(13)8(14)4-6/h2-4H,5H2,1H3. The Kier molecular flexibility index (Phi) is 4.04. The van der Waals surface area contributed by atoms with Crippen molar-refractivity contribution in [1.82, 2.24) is 15.0 Å². The third-order valence-electron chi connectivity index (χ3n) is 2.40. The van der Waals surface area contributed by atoms with Gasteiger partial charge in [-0.3, -0.25) is 4.79 Å². The molecule has 0 radical (unpaired) electrons. The van der Waals surface area contributed by atoms with Gasteiger partial charge in [-0.1, -0.05) is 34.5 Å². The minimum Gasteiger partial charge on any atom is -0.292 e. The van der Waals surface area contributed by atoms with E-state index in [-0.39, 0.29) is 12.2 Å². The third-order valence-corrected chi connectivity index (χ3v) is 3.67. The van der Waals surface area contributed by atoms with Gasteiger partial charge in [0.15, 0.2) is 10.4 Å². The van der Waals surface area contributed by atoms with Gasteiger partial charge >= 0.3 is 0 Å². The van der Waals surface area contributed by atoms with Gasteiger partial charge in [0.25, 0.3) is 0 Å². The van der Waals surface area contributed by atoms with Crippen molar-refractivity contribution in [3.63, 3.8) is 0 Å². The van der Waals surface area contributed by atoms with Gasteiger partial charge in [-0.05, 0) is 33.6 Å². The maximum absolute atomic E-state index is 12.1. The molecule has 0 unspecified atom stereocenters. The van der Waals surface area contributed by atoms with E-state index >= 15 is 0 Å². The molecule has 0 aliphatic carbocycles. The first kappa shape index (κ1) is 13.5. The average molecular weight is 349 g/mol. The minimum atomic E-state index is -0.0900. The third kappa shape index (κ3) is 2.74. The molecule has 0 spiro atoms. The van der Waals surface area contributed by atoms with E-state index in [0.717, 1.165) is 5.56 Å². The molecule has 0 fully saturated rings. The fourth-order valence-corrected chi connectivity index (χ4v) is 2.42. The Labute approximate surface area is 122 Å². The summed E-state index contributed by atoms with van der Waals surface area (Å²) in [5.41, 5.74) is 1.23. The largest absolute Gasteiger partial charge is 0.292 e. The number of carbonyl (C=O) groups excluding carboxylic acids is 1. The molecule has 0 atom stereocenters. The number of aryl methyl sites for hydroxylation is 1. The molecule has 1 aromatic carbocycles. The number of aromatic nitrogens is 3. The predicted octanol–water partition coefficient (Wildman–Crippen LogP) is 3.31. The number of hydrogen-bond donors (Lipinski definition) is 0. The molecule has 0 aliphatic heterocycles. The summed E-state index contributed by atoms with van der Waals surface area (Å²) in [6, 6.07) is 5.12. The van der Waals surface area contributed by atoms with Crippen molar-refractivity contribution in [2.75, 3.05) is 0 Å². The van der Waals surface area contributed by atoms with Crippen LogP contribution in [0.1, 0.15) is 16.1 Å². The minimum absolute atomic E-state index is 0.0900. The van der Waals surface area contributed by atoms with Crippen molar-refractivity contribution >= 4 is 44.9 Å². The van der Waals surface area contributed by atoms with Gasteiger partial charge in [0, 0.05) is 13.5 Å². The van der Waals surface area contributed by atoms with Gasteiger partial charge in [0.1, 0.15) is 5.69 Å². The van der Waals surface area contributed by atoms with Gasteiger partial charge in [-0.2, -0.15) is 0 Å². The van der Waals surface area contributed by atoms with Crippen LogP contribution in [0.15, 0.2) is 22.8 Å². The number of benzene rings is 1. The van der Waals surface area contributed by atoms with E-state index in [9.17, 15) is 4.79 Å². The summed E-state index contributed by atoms with van der Waals surface area (Å²) in [7, 11) is 1.67. The van der Waals surface area contributed by atoms with Crippen LogP contribution in [0.5, 0.6) is 0 Å². The Balaban J connectivity index is 2.24. The zero-order valence-electron chi connectivity index (χ0n) is 9.32. The average Bonchev–Trinajstić information content (AvgIpc) is 2.64. The number of carbonyl (C=O) groups is 1. The number of hydrogen-bond acceptors (Lipinski definition) is 3. The molecule has 1 heterocycles. The van der Waals surface area contributed by atoms with Crippen LogP contribution in [0.2, 0.25) is 10.0 Å². The van der Waals surface area contributed by atoms with Crippen molar-refractivity contribution in [2.24, 2.45) is 7.05 Å². The highest BCUT2D eigenvalue weighted by Gasteiger charge is 2.17. The normalized spacial score (nSPS) is 10.7. The Hall–Kier alpha value is -0.910. The van der Waals surface area contributed by atoms with Crippen LogP contribution in [0.4, 0.5) is 0 Å². The first-order chi connectivity index (χ1) is 8.49. The lowest BCUT2D eigenvalue weighted by Crippen LogP contribution is -2.10. The summed E-state index contributed by atoms with van der Waals surface area (Å²) in [6.07, 6.45) is 0.219. The van der Waals surface area contributed by atoms with Gasteiger partial charge in [0.05, 0.1) is 10.0 Å². The molecule has 0 amide bonds. The monoisotopic (exact) mass is 347 g/mol. The lowest BCUT2D eigenvalue weighted by Gasteiger charge is -2.03. The Morgan fingerprint density at radius 1 is 1.39 bits per heavy atom. The lowest BCUT2D eigenvalue weighted by atomic mass is 10.1. The van der Waals surface area contributed by atoms with Crippen LogP contribution in [0.3, 0.4) is 0 Å². The van der Waals surface area contributed by atoms with E-state index in [2.05, 4.69) is 26.2 Å². The maximum Gasteiger partial charge on any atom is 0.188 e. The topological polar surface area (TPSA) is 47.8 Å². The number of ketones is 1. The molecule has 0 aliphatic rings. The zero-order valence-corrected chi connectivity index (χ0v) is 12.4. The van der Waals surface area contributed by atoms with Gasteiger partial charge in [-0.15, -0.1) is 5.10 Å². The van der Waals surface area contributed by atoms with E-state index in [1.54, 1.807) is 25.2 Å². The molecule has 0 bridgehead atoms. The first-order valence-electron chi connectivity index (χ1n) is 5.01. The Morgan fingerprint density at radius 2 is 2.11 bits per heavy atom. The second kappa shape index (κ2) is 5.38. The van der Waals surface area contributed by atoms with E-state index < -0.39 is 0 Å². The van der Waals surface area contributed by atoms with Gasteiger partial charge in [0.2, 0.25) is 0 Å². The molecule has 1 aromatic heterocycles. The van der Waals surface area contributed by atoms with Crippen molar-refractivity contribution in [2.45, 2.75) is 6.42 Å². The number of Topliss-reactive ketones (excluding diaryl/α,β-unsaturated/α-hetero) is 1. The van der Waals surface area contributed by atoms with Crippen molar-refractivity contribution in [3.05, 3.63) is 44.1 Å². The number of rotatable bonds is 3. The maximum atomic E-state index is 12.1. The molecular formula is C11H8BrCl2N3O. The van der Waals surface area contributed by atoms with E-state index in [0.29, 0.717) is 20.3 Å². The molecule has 2 aromatic rings. The number of nitrogens with zero attached hydrogens (tertiary/aromatic N) is 3. The van der Waals surface area contributed by atoms with Crippen LogP contribution in [-0.4, -0.2) is 20.8 Å². The van der Waals surface area contributed by atoms with Crippen LogP contribution >= 0.6 is 39.1 Å². The lowest BCUT2D eigenvalue weighted by molar-refractivity contribution is 0.0983.